The van der Waals surface area contributed by atoms with Crippen LogP contribution in [0.3, 0.4) is 0 Å². The molecule has 0 unspecified atom stereocenters. The molecule has 0 radical (unpaired) electrons. The van der Waals surface area contributed by atoms with Gasteiger partial charge in [0.2, 0.25) is 10.0 Å². The number of sulfonamides is 1. The van der Waals surface area contributed by atoms with Crippen LogP contribution in [-0.2, 0) is 10.0 Å². The van der Waals surface area contributed by atoms with Gasteiger partial charge in [-0.2, -0.15) is 0 Å². The summed E-state index contributed by atoms with van der Waals surface area (Å²) in [4.78, 5) is 4.38. The lowest BCUT2D eigenvalue weighted by Gasteiger charge is -2.40. The van der Waals surface area contributed by atoms with Crippen LogP contribution in [0.2, 0.25) is 0 Å². The van der Waals surface area contributed by atoms with Crippen molar-refractivity contribution >= 4 is 20.9 Å². The summed E-state index contributed by atoms with van der Waals surface area (Å²) in [6.07, 6.45) is 3.91. The lowest BCUT2D eigenvalue weighted by atomic mass is 9.78. The van der Waals surface area contributed by atoms with Crippen molar-refractivity contribution in [2.24, 2.45) is 0 Å². The van der Waals surface area contributed by atoms with Gasteiger partial charge in [-0.3, -0.25) is 4.98 Å². The zero-order valence-electron chi connectivity index (χ0n) is 10.9. The van der Waals surface area contributed by atoms with E-state index in [1.165, 1.54) is 0 Å². The number of aromatic nitrogens is 1. The number of pyridine rings is 1. The van der Waals surface area contributed by atoms with Crippen LogP contribution in [-0.4, -0.2) is 30.7 Å². The maximum absolute atomic E-state index is 12.6. The SMILES string of the molecule is O=S(=O)(NC1(CO)CCC1)c1cccc2ncccc12. The predicted octanol–water partition coefficient (Wildman–Crippen LogP) is 1.43. The second-order valence-corrected chi connectivity index (χ2v) is 6.87. The highest BCUT2D eigenvalue weighted by Gasteiger charge is 2.40. The second kappa shape index (κ2) is 4.80. The number of rotatable bonds is 4. The molecule has 0 spiro atoms. The molecule has 5 nitrogen and oxygen atoms in total. The molecule has 3 rings (SSSR count). The van der Waals surface area contributed by atoms with Crippen molar-refractivity contribution in [2.75, 3.05) is 6.61 Å². The third-order valence-electron chi connectivity index (χ3n) is 3.86. The number of aliphatic hydroxyl groups is 1. The zero-order chi connectivity index (χ0) is 14.2. The number of hydrogen-bond donors (Lipinski definition) is 2. The van der Waals surface area contributed by atoms with Gasteiger partial charge >= 0.3 is 0 Å². The Kier molecular flexibility index (Phi) is 3.24. The summed E-state index contributed by atoms with van der Waals surface area (Å²) in [5.41, 5.74) is -0.0505. The number of nitrogens with one attached hydrogen (secondary N) is 1. The van der Waals surface area contributed by atoms with E-state index in [0.29, 0.717) is 23.7 Å². The number of aliphatic hydroxyl groups excluding tert-OH is 1. The summed E-state index contributed by atoms with van der Waals surface area (Å²) in [5, 5.41) is 10.0. The monoisotopic (exact) mass is 292 g/mol. The van der Waals surface area contributed by atoms with Crippen LogP contribution in [0.25, 0.3) is 10.9 Å². The first-order valence-electron chi connectivity index (χ1n) is 6.55. The van der Waals surface area contributed by atoms with Gasteiger partial charge in [-0.15, -0.1) is 0 Å². The van der Waals surface area contributed by atoms with E-state index in [4.69, 9.17) is 0 Å². The minimum atomic E-state index is -3.67. The van der Waals surface area contributed by atoms with Crippen molar-refractivity contribution in [3.8, 4) is 0 Å². The van der Waals surface area contributed by atoms with Crippen LogP contribution in [0.4, 0.5) is 0 Å². The Morgan fingerprint density at radius 2 is 2.05 bits per heavy atom. The Balaban J connectivity index is 2.05. The van der Waals surface area contributed by atoms with E-state index in [1.54, 1.807) is 36.5 Å². The van der Waals surface area contributed by atoms with Gasteiger partial charge in [0.15, 0.2) is 0 Å². The third kappa shape index (κ3) is 2.19. The minimum Gasteiger partial charge on any atom is -0.394 e. The van der Waals surface area contributed by atoms with Crippen LogP contribution in [0, 0.1) is 0 Å². The summed E-state index contributed by atoms with van der Waals surface area (Å²) >= 11 is 0. The summed E-state index contributed by atoms with van der Waals surface area (Å²) in [6.45, 7) is -0.171. The van der Waals surface area contributed by atoms with Gasteiger partial charge in [-0.05, 0) is 43.5 Å². The molecule has 2 aromatic rings. The molecule has 0 amide bonds. The van der Waals surface area contributed by atoms with Gasteiger partial charge in [0.25, 0.3) is 0 Å². The highest BCUT2D eigenvalue weighted by Crippen LogP contribution is 2.33. The van der Waals surface area contributed by atoms with E-state index in [-0.39, 0.29) is 11.5 Å². The average molecular weight is 292 g/mol. The predicted molar refractivity (Wildman–Crippen MR) is 75.7 cm³/mol. The zero-order valence-corrected chi connectivity index (χ0v) is 11.7. The fraction of sp³-hybridized carbons (Fsp3) is 0.357. The number of nitrogens with zero attached hydrogens (tertiary/aromatic N) is 1. The van der Waals surface area contributed by atoms with Gasteiger partial charge < -0.3 is 5.11 Å². The molecule has 0 atom stereocenters. The molecule has 1 aromatic heterocycles. The molecule has 1 aliphatic rings. The molecule has 1 aromatic carbocycles. The first kappa shape index (κ1) is 13.5. The Labute approximate surface area is 117 Å². The minimum absolute atomic E-state index is 0.171. The normalized spacial score (nSPS) is 17.9. The first-order chi connectivity index (χ1) is 9.56. The highest BCUT2D eigenvalue weighted by molar-refractivity contribution is 7.89. The van der Waals surface area contributed by atoms with Crippen molar-refractivity contribution in [3.05, 3.63) is 36.5 Å². The van der Waals surface area contributed by atoms with Crippen LogP contribution >= 0.6 is 0 Å². The first-order valence-corrected chi connectivity index (χ1v) is 8.03. The Morgan fingerprint density at radius 3 is 2.70 bits per heavy atom. The fourth-order valence-corrected chi connectivity index (χ4v) is 4.21. The average Bonchev–Trinajstić information content (AvgIpc) is 2.42. The Morgan fingerprint density at radius 1 is 1.25 bits per heavy atom. The van der Waals surface area contributed by atoms with Crippen LogP contribution < -0.4 is 4.72 Å². The third-order valence-corrected chi connectivity index (χ3v) is 5.50. The largest absolute Gasteiger partial charge is 0.394 e. The molecule has 0 aliphatic heterocycles. The van der Waals surface area contributed by atoms with Crippen LogP contribution in [0.1, 0.15) is 19.3 Å². The molecule has 0 saturated heterocycles. The van der Waals surface area contributed by atoms with Crippen molar-refractivity contribution in [1.82, 2.24) is 9.71 Å². The van der Waals surface area contributed by atoms with E-state index in [1.807, 2.05) is 0 Å². The quantitative estimate of drug-likeness (QED) is 0.893. The van der Waals surface area contributed by atoms with E-state index in [9.17, 15) is 13.5 Å². The molecule has 2 N–H and O–H groups in total. The van der Waals surface area contributed by atoms with Crippen molar-refractivity contribution in [1.29, 1.82) is 0 Å². The van der Waals surface area contributed by atoms with E-state index in [0.717, 1.165) is 6.42 Å². The lowest BCUT2D eigenvalue weighted by Crippen LogP contribution is -2.55. The molecule has 20 heavy (non-hydrogen) atoms. The van der Waals surface area contributed by atoms with Crippen molar-refractivity contribution in [2.45, 2.75) is 29.7 Å². The maximum Gasteiger partial charge on any atom is 0.241 e. The Hall–Kier alpha value is -1.50. The van der Waals surface area contributed by atoms with Gasteiger partial charge in [0, 0.05) is 11.6 Å². The smallest absolute Gasteiger partial charge is 0.241 e. The van der Waals surface area contributed by atoms with Gasteiger partial charge in [-0.25, -0.2) is 13.1 Å². The maximum atomic E-state index is 12.6. The molecule has 1 heterocycles. The molecule has 0 bridgehead atoms. The van der Waals surface area contributed by atoms with Crippen molar-refractivity contribution in [3.63, 3.8) is 0 Å². The van der Waals surface area contributed by atoms with E-state index in [2.05, 4.69) is 9.71 Å². The van der Waals surface area contributed by atoms with E-state index < -0.39 is 15.6 Å². The summed E-state index contributed by atoms with van der Waals surface area (Å²) in [7, 11) is -3.67. The Bertz CT molecular complexity index is 728. The molecule has 1 aliphatic carbocycles. The lowest BCUT2D eigenvalue weighted by molar-refractivity contribution is 0.111. The molecule has 6 heteroatoms. The molecule has 1 saturated carbocycles. The van der Waals surface area contributed by atoms with Gasteiger partial charge in [0.1, 0.15) is 0 Å². The molecule has 1 fully saturated rings. The number of hydrogen-bond acceptors (Lipinski definition) is 4. The van der Waals surface area contributed by atoms with Crippen LogP contribution in [0.5, 0.6) is 0 Å². The standard InChI is InChI=1S/C14H16N2O3S/c17-10-14(7-3-8-14)16-20(18,19)13-6-1-5-12-11(13)4-2-9-15-12/h1-2,4-6,9,16-17H,3,7-8,10H2. The number of benzene rings is 1. The molecular weight excluding hydrogens is 276 g/mol. The molecular formula is C14H16N2O3S. The second-order valence-electron chi connectivity index (χ2n) is 5.22. The fourth-order valence-electron chi connectivity index (χ4n) is 2.55. The van der Waals surface area contributed by atoms with Crippen molar-refractivity contribution < 1.29 is 13.5 Å². The van der Waals surface area contributed by atoms with Crippen LogP contribution in [0.15, 0.2) is 41.4 Å². The number of fused-ring (bicyclic) bond motifs is 1. The summed E-state index contributed by atoms with van der Waals surface area (Å²) < 4.78 is 27.8. The highest BCUT2D eigenvalue weighted by atomic mass is 32.2. The summed E-state index contributed by atoms with van der Waals surface area (Å²) in [6, 6.07) is 8.47. The molecule has 106 valence electrons. The van der Waals surface area contributed by atoms with E-state index >= 15 is 0 Å². The topological polar surface area (TPSA) is 79.3 Å². The summed E-state index contributed by atoms with van der Waals surface area (Å²) in [5.74, 6) is 0. The van der Waals surface area contributed by atoms with Gasteiger partial charge in [-0.1, -0.05) is 6.07 Å². The van der Waals surface area contributed by atoms with Gasteiger partial charge in [0.05, 0.1) is 22.6 Å².